The largest absolute Gasteiger partial charge is 0.348 e. The van der Waals surface area contributed by atoms with Crippen molar-refractivity contribution in [2.24, 2.45) is 0 Å². The first kappa shape index (κ1) is 23.0. The standard InChI is InChI=1S/C24H25BrN2O3S/c1-3-23(19-11-9-18(2)10-12-19)26-24(28)17-27(21-15-13-20(25)14-16-21)31(29,30)22-7-5-4-6-8-22/h4-16,23H,3,17H2,1-2H3,(H,26,28). The summed E-state index contributed by atoms with van der Waals surface area (Å²) in [5.74, 6) is -0.366. The van der Waals surface area contributed by atoms with E-state index in [1.807, 2.05) is 38.1 Å². The van der Waals surface area contributed by atoms with Crippen LogP contribution in [0.25, 0.3) is 0 Å². The van der Waals surface area contributed by atoms with Gasteiger partial charge >= 0.3 is 0 Å². The molecule has 1 unspecified atom stereocenters. The molecular formula is C24H25BrN2O3S. The average molecular weight is 501 g/mol. The van der Waals surface area contributed by atoms with E-state index in [1.165, 1.54) is 12.1 Å². The first-order chi connectivity index (χ1) is 14.8. The molecule has 0 saturated heterocycles. The number of nitrogens with one attached hydrogen (secondary N) is 1. The molecule has 0 radical (unpaired) electrons. The van der Waals surface area contributed by atoms with E-state index < -0.39 is 10.0 Å². The Morgan fingerprint density at radius 2 is 1.58 bits per heavy atom. The number of hydrogen-bond donors (Lipinski definition) is 1. The Bertz CT molecular complexity index is 1120. The van der Waals surface area contributed by atoms with Gasteiger partial charge in [0.05, 0.1) is 16.6 Å². The molecule has 0 spiro atoms. The number of halogens is 1. The van der Waals surface area contributed by atoms with Gasteiger partial charge in [-0.15, -0.1) is 0 Å². The number of sulfonamides is 1. The minimum absolute atomic E-state index is 0.135. The molecule has 0 saturated carbocycles. The van der Waals surface area contributed by atoms with Crippen molar-refractivity contribution in [2.75, 3.05) is 10.8 Å². The number of carbonyl (C=O) groups excluding carboxylic acids is 1. The minimum Gasteiger partial charge on any atom is -0.348 e. The Labute approximate surface area is 192 Å². The summed E-state index contributed by atoms with van der Waals surface area (Å²) in [5.41, 5.74) is 2.55. The molecule has 0 heterocycles. The molecule has 0 aliphatic carbocycles. The van der Waals surface area contributed by atoms with Gasteiger partial charge in [0.15, 0.2) is 0 Å². The quantitative estimate of drug-likeness (QED) is 0.460. The van der Waals surface area contributed by atoms with E-state index in [4.69, 9.17) is 0 Å². The van der Waals surface area contributed by atoms with E-state index in [2.05, 4.69) is 21.2 Å². The van der Waals surface area contributed by atoms with Crippen LogP contribution in [-0.4, -0.2) is 20.9 Å². The van der Waals surface area contributed by atoms with E-state index in [0.717, 1.165) is 19.9 Å². The highest BCUT2D eigenvalue weighted by molar-refractivity contribution is 9.10. The normalized spacial score (nSPS) is 12.2. The van der Waals surface area contributed by atoms with Gasteiger partial charge in [-0.05, 0) is 55.3 Å². The fourth-order valence-corrected chi connectivity index (χ4v) is 4.94. The number of aryl methyl sites for hydroxylation is 1. The van der Waals surface area contributed by atoms with Gasteiger partial charge in [0.1, 0.15) is 6.54 Å². The fourth-order valence-electron chi connectivity index (χ4n) is 3.23. The summed E-state index contributed by atoms with van der Waals surface area (Å²) in [4.78, 5) is 13.1. The van der Waals surface area contributed by atoms with Crippen LogP contribution in [0.2, 0.25) is 0 Å². The second-order valence-electron chi connectivity index (χ2n) is 7.24. The summed E-state index contributed by atoms with van der Waals surface area (Å²) in [6, 6.07) is 22.8. The molecule has 31 heavy (non-hydrogen) atoms. The molecule has 1 N–H and O–H groups in total. The maximum Gasteiger partial charge on any atom is 0.264 e. The molecular weight excluding hydrogens is 476 g/mol. The number of amides is 1. The SMILES string of the molecule is CCC(NC(=O)CN(c1ccc(Br)cc1)S(=O)(=O)c1ccccc1)c1ccc(C)cc1. The molecule has 3 aromatic carbocycles. The molecule has 0 aliphatic rings. The summed E-state index contributed by atoms with van der Waals surface area (Å²) in [6.45, 7) is 3.67. The zero-order chi connectivity index (χ0) is 22.4. The zero-order valence-corrected chi connectivity index (χ0v) is 19.9. The van der Waals surface area contributed by atoms with Crippen LogP contribution in [0.1, 0.15) is 30.5 Å². The smallest absolute Gasteiger partial charge is 0.264 e. The van der Waals surface area contributed by atoms with Gasteiger partial charge < -0.3 is 5.32 Å². The van der Waals surface area contributed by atoms with Gasteiger partial charge in [-0.2, -0.15) is 0 Å². The van der Waals surface area contributed by atoms with Gasteiger partial charge in [-0.1, -0.05) is 70.9 Å². The predicted molar refractivity (Wildman–Crippen MR) is 127 cm³/mol. The van der Waals surface area contributed by atoms with Crippen molar-refractivity contribution in [3.05, 3.63) is 94.5 Å². The number of carbonyl (C=O) groups is 1. The number of benzene rings is 3. The van der Waals surface area contributed by atoms with Crippen LogP contribution in [0.4, 0.5) is 5.69 Å². The van der Waals surface area contributed by atoms with Crippen molar-refractivity contribution in [1.82, 2.24) is 5.32 Å². The van der Waals surface area contributed by atoms with Gasteiger partial charge in [-0.25, -0.2) is 8.42 Å². The van der Waals surface area contributed by atoms with Crippen LogP contribution in [0, 0.1) is 6.92 Å². The third-order valence-corrected chi connectivity index (χ3v) is 7.27. The highest BCUT2D eigenvalue weighted by Gasteiger charge is 2.27. The summed E-state index contributed by atoms with van der Waals surface area (Å²) in [7, 11) is -3.92. The topological polar surface area (TPSA) is 66.5 Å². The summed E-state index contributed by atoms with van der Waals surface area (Å²) < 4.78 is 28.7. The zero-order valence-electron chi connectivity index (χ0n) is 17.5. The van der Waals surface area contributed by atoms with Crippen molar-refractivity contribution in [3.63, 3.8) is 0 Å². The molecule has 0 bridgehead atoms. The van der Waals surface area contributed by atoms with Gasteiger partial charge in [-0.3, -0.25) is 9.10 Å². The third kappa shape index (κ3) is 5.74. The van der Waals surface area contributed by atoms with Crippen LogP contribution in [0.3, 0.4) is 0 Å². The van der Waals surface area contributed by atoms with Crippen molar-refractivity contribution in [2.45, 2.75) is 31.2 Å². The van der Waals surface area contributed by atoms with Gasteiger partial charge in [0.25, 0.3) is 10.0 Å². The third-order valence-electron chi connectivity index (χ3n) is 4.96. The average Bonchev–Trinajstić information content (AvgIpc) is 2.78. The molecule has 7 heteroatoms. The summed E-state index contributed by atoms with van der Waals surface area (Å²) in [6.07, 6.45) is 0.693. The fraction of sp³-hybridized carbons (Fsp3) is 0.208. The summed E-state index contributed by atoms with van der Waals surface area (Å²) >= 11 is 3.37. The second-order valence-corrected chi connectivity index (χ2v) is 10.0. The molecule has 3 aromatic rings. The lowest BCUT2D eigenvalue weighted by atomic mass is 10.0. The first-order valence-electron chi connectivity index (χ1n) is 10.0. The minimum atomic E-state index is -3.92. The summed E-state index contributed by atoms with van der Waals surface area (Å²) in [5, 5.41) is 2.98. The van der Waals surface area contributed by atoms with E-state index in [0.29, 0.717) is 12.1 Å². The predicted octanol–water partition coefficient (Wildman–Crippen LogP) is 5.22. The van der Waals surface area contributed by atoms with E-state index in [1.54, 1.807) is 42.5 Å². The Balaban J connectivity index is 1.88. The highest BCUT2D eigenvalue weighted by Crippen LogP contribution is 2.25. The second kappa shape index (κ2) is 10.1. The number of anilines is 1. The molecule has 0 aliphatic heterocycles. The molecule has 3 rings (SSSR count). The Kier molecular flexibility index (Phi) is 7.51. The van der Waals surface area contributed by atoms with Crippen LogP contribution in [0.15, 0.2) is 88.2 Å². The Hall–Kier alpha value is -2.64. The van der Waals surface area contributed by atoms with E-state index in [-0.39, 0.29) is 23.4 Å². The van der Waals surface area contributed by atoms with Gasteiger partial charge in [0.2, 0.25) is 5.91 Å². The first-order valence-corrected chi connectivity index (χ1v) is 12.2. The molecule has 0 fully saturated rings. The Morgan fingerprint density at radius 3 is 2.16 bits per heavy atom. The number of hydrogen-bond acceptors (Lipinski definition) is 3. The van der Waals surface area contributed by atoms with Crippen LogP contribution < -0.4 is 9.62 Å². The maximum absolute atomic E-state index is 13.4. The van der Waals surface area contributed by atoms with Crippen molar-refractivity contribution >= 4 is 37.5 Å². The molecule has 5 nitrogen and oxygen atoms in total. The van der Waals surface area contributed by atoms with Crippen molar-refractivity contribution in [3.8, 4) is 0 Å². The number of rotatable bonds is 8. The number of nitrogens with zero attached hydrogens (tertiary/aromatic N) is 1. The molecule has 1 atom stereocenters. The lowest BCUT2D eigenvalue weighted by Crippen LogP contribution is -2.42. The highest BCUT2D eigenvalue weighted by atomic mass is 79.9. The van der Waals surface area contributed by atoms with Crippen molar-refractivity contribution < 1.29 is 13.2 Å². The molecule has 162 valence electrons. The van der Waals surface area contributed by atoms with E-state index in [9.17, 15) is 13.2 Å². The lowest BCUT2D eigenvalue weighted by molar-refractivity contribution is -0.120. The van der Waals surface area contributed by atoms with Crippen LogP contribution in [-0.2, 0) is 14.8 Å². The Morgan fingerprint density at radius 1 is 0.968 bits per heavy atom. The maximum atomic E-state index is 13.4. The lowest BCUT2D eigenvalue weighted by Gasteiger charge is -2.26. The van der Waals surface area contributed by atoms with Crippen LogP contribution >= 0.6 is 15.9 Å². The molecule has 1 amide bonds. The van der Waals surface area contributed by atoms with Crippen molar-refractivity contribution in [1.29, 1.82) is 0 Å². The molecule has 0 aromatic heterocycles. The van der Waals surface area contributed by atoms with Crippen LogP contribution in [0.5, 0.6) is 0 Å². The van der Waals surface area contributed by atoms with Gasteiger partial charge in [0, 0.05) is 4.47 Å². The van der Waals surface area contributed by atoms with E-state index >= 15 is 0 Å². The monoisotopic (exact) mass is 500 g/mol.